The third-order valence-corrected chi connectivity index (χ3v) is 3.80. The second-order valence-corrected chi connectivity index (χ2v) is 5.48. The van der Waals surface area contributed by atoms with E-state index in [4.69, 9.17) is 4.74 Å². The molecule has 25 heavy (non-hydrogen) atoms. The van der Waals surface area contributed by atoms with Crippen LogP contribution in [0.5, 0.6) is 5.75 Å². The summed E-state index contributed by atoms with van der Waals surface area (Å²) in [6, 6.07) is 7.24. The van der Waals surface area contributed by atoms with Gasteiger partial charge in [-0.1, -0.05) is 12.1 Å². The van der Waals surface area contributed by atoms with Gasteiger partial charge in [0.2, 0.25) is 5.91 Å². The number of hydrogen-bond donors (Lipinski definition) is 2. The summed E-state index contributed by atoms with van der Waals surface area (Å²) in [4.78, 5) is 32.9. The van der Waals surface area contributed by atoms with Crippen molar-refractivity contribution in [1.29, 1.82) is 0 Å². The van der Waals surface area contributed by atoms with Crippen LogP contribution in [0.4, 0.5) is 5.69 Å². The van der Waals surface area contributed by atoms with Gasteiger partial charge in [0, 0.05) is 12.0 Å². The van der Waals surface area contributed by atoms with Crippen LogP contribution in [0.2, 0.25) is 0 Å². The normalized spacial score (nSPS) is 10.8. The molecule has 3 aromatic rings. The topological polar surface area (TPSA) is 101 Å². The summed E-state index contributed by atoms with van der Waals surface area (Å²) in [6.45, 7) is 4.14. The molecule has 0 saturated heterocycles. The zero-order valence-corrected chi connectivity index (χ0v) is 14.1. The van der Waals surface area contributed by atoms with E-state index in [0.717, 1.165) is 0 Å². The SMILES string of the molecule is CCOc1ccccc1NC(=O)CCc1c(C)nc2nc[nH]n2c1=O. The average molecular weight is 341 g/mol. The molecule has 0 aliphatic carbocycles. The van der Waals surface area contributed by atoms with Crippen molar-refractivity contribution >= 4 is 17.4 Å². The molecule has 0 unspecified atom stereocenters. The van der Waals surface area contributed by atoms with Gasteiger partial charge in [-0.3, -0.25) is 14.7 Å². The monoisotopic (exact) mass is 341 g/mol. The molecule has 0 aliphatic rings. The summed E-state index contributed by atoms with van der Waals surface area (Å²) in [5.41, 5.74) is 1.46. The molecule has 0 aliphatic heterocycles. The molecule has 2 heterocycles. The summed E-state index contributed by atoms with van der Waals surface area (Å²) in [5.74, 6) is 0.747. The Morgan fingerprint density at radius 1 is 1.36 bits per heavy atom. The molecule has 0 saturated carbocycles. The van der Waals surface area contributed by atoms with Crippen molar-refractivity contribution in [2.75, 3.05) is 11.9 Å². The number of aromatic nitrogens is 4. The lowest BCUT2D eigenvalue weighted by Gasteiger charge is -2.11. The van der Waals surface area contributed by atoms with Gasteiger partial charge in [-0.2, -0.15) is 4.52 Å². The van der Waals surface area contributed by atoms with Crippen LogP contribution in [-0.2, 0) is 11.2 Å². The second-order valence-electron chi connectivity index (χ2n) is 5.48. The van der Waals surface area contributed by atoms with E-state index < -0.39 is 0 Å². The number of anilines is 1. The molecule has 0 spiro atoms. The molecule has 130 valence electrons. The minimum absolute atomic E-state index is 0.165. The van der Waals surface area contributed by atoms with Crippen LogP contribution in [0.15, 0.2) is 35.4 Å². The van der Waals surface area contributed by atoms with Gasteiger partial charge < -0.3 is 10.1 Å². The van der Waals surface area contributed by atoms with Gasteiger partial charge in [0.15, 0.2) is 0 Å². The molecule has 2 N–H and O–H groups in total. The maximum Gasteiger partial charge on any atom is 0.277 e. The van der Waals surface area contributed by atoms with Crippen LogP contribution < -0.4 is 15.6 Å². The zero-order valence-electron chi connectivity index (χ0n) is 14.1. The molecule has 2 aromatic heterocycles. The fraction of sp³-hybridized carbons (Fsp3) is 0.294. The zero-order chi connectivity index (χ0) is 17.8. The number of para-hydroxylation sites is 2. The van der Waals surface area contributed by atoms with Crippen molar-refractivity contribution in [3.05, 3.63) is 52.2 Å². The fourth-order valence-electron chi connectivity index (χ4n) is 2.59. The van der Waals surface area contributed by atoms with Crippen LogP contribution in [0.1, 0.15) is 24.6 Å². The molecule has 1 amide bonds. The number of carbonyl (C=O) groups is 1. The number of hydrogen-bond acceptors (Lipinski definition) is 5. The van der Waals surface area contributed by atoms with Gasteiger partial charge in [0.1, 0.15) is 12.1 Å². The van der Waals surface area contributed by atoms with Crippen molar-refractivity contribution in [3.8, 4) is 5.75 Å². The molecule has 0 bridgehead atoms. The summed E-state index contributed by atoms with van der Waals surface area (Å²) in [5, 5.41) is 5.54. The molecule has 0 radical (unpaired) electrons. The number of carbonyl (C=O) groups excluding carboxylic acids is 1. The van der Waals surface area contributed by atoms with Gasteiger partial charge in [-0.05, 0) is 32.4 Å². The number of rotatable bonds is 6. The number of fused-ring (bicyclic) bond motifs is 1. The number of amides is 1. The van der Waals surface area contributed by atoms with Gasteiger partial charge in [0.05, 0.1) is 18.0 Å². The number of benzene rings is 1. The van der Waals surface area contributed by atoms with Gasteiger partial charge in [-0.15, -0.1) is 0 Å². The van der Waals surface area contributed by atoms with Crippen LogP contribution >= 0.6 is 0 Å². The number of H-pyrrole nitrogens is 1. The number of nitrogens with zero attached hydrogens (tertiary/aromatic N) is 3. The first-order valence-electron chi connectivity index (χ1n) is 8.03. The molecule has 0 fully saturated rings. The predicted octanol–water partition coefficient (Wildman–Crippen LogP) is 1.70. The summed E-state index contributed by atoms with van der Waals surface area (Å²) in [7, 11) is 0. The molecule has 1 aromatic carbocycles. The maximum absolute atomic E-state index is 12.4. The molecule has 3 rings (SSSR count). The maximum atomic E-state index is 12.4. The standard InChI is InChI=1S/C17H19N5O3/c1-3-25-14-7-5-4-6-13(14)21-15(23)9-8-12-11(2)20-17-18-10-19-22(17)16(12)24/h4-7,10H,3,8-9H2,1-2H3,(H,21,23)(H,18,19,20). The minimum Gasteiger partial charge on any atom is -0.492 e. The largest absolute Gasteiger partial charge is 0.492 e. The highest BCUT2D eigenvalue weighted by molar-refractivity contribution is 5.92. The summed E-state index contributed by atoms with van der Waals surface area (Å²) < 4.78 is 6.76. The first kappa shape index (κ1) is 16.7. The molecular formula is C17H19N5O3. The highest BCUT2D eigenvalue weighted by Gasteiger charge is 2.14. The molecule has 0 atom stereocenters. The smallest absolute Gasteiger partial charge is 0.277 e. The first-order valence-corrected chi connectivity index (χ1v) is 8.03. The van der Waals surface area contributed by atoms with Crippen molar-refractivity contribution in [2.24, 2.45) is 0 Å². The lowest BCUT2D eigenvalue weighted by Crippen LogP contribution is -2.23. The lowest BCUT2D eigenvalue weighted by molar-refractivity contribution is -0.116. The van der Waals surface area contributed by atoms with E-state index in [1.165, 1.54) is 10.8 Å². The Morgan fingerprint density at radius 2 is 2.16 bits per heavy atom. The van der Waals surface area contributed by atoms with E-state index in [0.29, 0.717) is 41.5 Å². The Morgan fingerprint density at radius 3 is 2.96 bits per heavy atom. The van der Waals surface area contributed by atoms with Crippen LogP contribution in [0.25, 0.3) is 5.78 Å². The molecular weight excluding hydrogens is 322 g/mol. The van der Waals surface area contributed by atoms with Gasteiger partial charge in [0.25, 0.3) is 11.3 Å². The number of aromatic amines is 1. The minimum atomic E-state index is -0.234. The van der Waals surface area contributed by atoms with Crippen molar-refractivity contribution in [1.82, 2.24) is 19.6 Å². The Kier molecular flexibility index (Phi) is 4.78. The van der Waals surface area contributed by atoms with Crippen LogP contribution in [0, 0.1) is 6.92 Å². The lowest BCUT2D eigenvalue weighted by atomic mass is 10.1. The predicted molar refractivity (Wildman–Crippen MR) is 92.9 cm³/mol. The third-order valence-electron chi connectivity index (χ3n) is 3.80. The third kappa shape index (κ3) is 3.52. The second kappa shape index (κ2) is 7.16. The van der Waals surface area contributed by atoms with Crippen molar-refractivity contribution < 1.29 is 9.53 Å². The van der Waals surface area contributed by atoms with Crippen molar-refractivity contribution in [3.63, 3.8) is 0 Å². The van der Waals surface area contributed by atoms with E-state index in [9.17, 15) is 9.59 Å². The van der Waals surface area contributed by atoms with Gasteiger partial charge >= 0.3 is 0 Å². The number of nitrogens with one attached hydrogen (secondary N) is 2. The first-order chi connectivity index (χ1) is 12.1. The number of ether oxygens (including phenoxy) is 1. The van der Waals surface area contributed by atoms with Crippen molar-refractivity contribution in [2.45, 2.75) is 26.7 Å². The number of aryl methyl sites for hydroxylation is 1. The Bertz CT molecular complexity index is 960. The average Bonchev–Trinajstić information content (AvgIpc) is 3.05. The molecule has 8 nitrogen and oxygen atoms in total. The van der Waals surface area contributed by atoms with Crippen LogP contribution in [-0.4, -0.2) is 32.1 Å². The Balaban J connectivity index is 1.72. The highest BCUT2D eigenvalue weighted by Crippen LogP contribution is 2.23. The van der Waals surface area contributed by atoms with E-state index in [1.54, 1.807) is 19.1 Å². The molecule has 8 heteroatoms. The van der Waals surface area contributed by atoms with E-state index in [2.05, 4.69) is 20.4 Å². The fourth-order valence-corrected chi connectivity index (χ4v) is 2.59. The Labute approximate surface area is 143 Å². The quantitative estimate of drug-likeness (QED) is 0.710. The Hall–Kier alpha value is -3.16. The van der Waals surface area contributed by atoms with Crippen LogP contribution in [0.3, 0.4) is 0 Å². The van der Waals surface area contributed by atoms with Gasteiger partial charge in [-0.25, -0.2) is 9.97 Å². The van der Waals surface area contributed by atoms with E-state index >= 15 is 0 Å². The van der Waals surface area contributed by atoms with E-state index in [1.807, 2.05) is 19.1 Å². The van der Waals surface area contributed by atoms with E-state index in [-0.39, 0.29) is 17.9 Å². The summed E-state index contributed by atoms with van der Waals surface area (Å²) in [6.07, 6.45) is 1.87. The summed E-state index contributed by atoms with van der Waals surface area (Å²) >= 11 is 0. The highest BCUT2D eigenvalue weighted by atomic mass is 16.5.